The lowest BCUT2D eigenvalue weighted by molar-refractivity contribution is 0.0940. The third-order valence-electron chi connectivity index (χ3n) is 2.60. The predicted octanol–water partition coefficient (Wildman–Crippen LogP) is 1.34. The Morgan fingerprint density at radius 3 is 2.95 bits per heavy atom. The van der Waals surface area contributed by atoms with E-state index in [9.17, 15) is 4.79 Å². The van der Waals surface area contributed by atoms with Crippen LogP contribution in [-0.4, -0.2) is 21.1 Å². The van der Waals surface area contributed by atoms with E-state index in [-0.39, 0.29) is 11.9 Å². The van der Waals surface area contributed by atoms with Gasteiger partial charge in [0, 0.05) is 22.4 Å². The molecule has 2 aromatic rings. The minimum Gasteiger partial charge on any atom is -0.345 e. The van der Waals surface area contributed by atoms with E-state index in [0.29, 0.717) is 15.9 Å². The van der Waals surface area contributed by atoms with Gasteiger partial charge in [-0.3, -0.25) is 9.89 Å². The minimum atomic E-state index is -0.268. The molecule has 1 amide bonds. The zero-order valence-corrected chi connectivity index (χ0v) is 11.7. The fourth-order valence-corrected chi connectivity index (χ4v) is 1.91. The van der Waals surface area contributed by atoms with Crippen LogP contribution in [0.25, 0.3) is 0 Å². The van der Waals surface area contributed by atoms with Crippen LogP contribution in [0.5, 0.6) is 0 Å². The van der Waals surface area contributed by atoms with Crippen molar-refractivity contribution in [1.82, 2.24) is 20.5 Å². The molecule has 1 unspecified atom stereocenters. The number of hydrazine groups is 1. The third-order valence-corrected chi connectivity index (χ3v) is 3.04. The first-order valence-corrected chi connectivity index (χ1v) is 6.33. The summed E-state index contributed by atoms with van der Waals surface area (Å²) in [5, 5.41) is 9.39. The number of rotatable bonds is 4. The first-order chi connectivity index (χ1) is 9.11. The van der Waals surface area contributed by atoms with Gasteiger partial charge in [0.2, 0.25) is 0 Å². The van der Waals surface area contributed by atoms with Crippen LogP contribution >= 0.6 is 15.9 Å². The van der Waals surface area contributed by atoms with Gasteiger partial charge in [0.15, 0.2) is 5.82 Å². The van der Waals surface area contributed by atoms with Crippen LogP contribution < -0.4 is 16.6 Å². The van der Waals surface area contributed by atoms with Gasteiger partial charge in [-0.15, -0.1) is 0 Å². The highest BCUT2D eigenvalue weighted by Gasteiger charge is 2.16. The Bertz CT molecular complexity index is 571. The van der Waals surface area contributed by atoms with Crippen molar-refractivity contribution in [2.75, 3.05) is 5.43 Å². The number of nitrogens with zero attached hydrogens (tertiary/aromatic N) is 2. The van der Waals surface area contributed by atoms with Crippen LogP contribution in [0.3, 0.4) is 0 Å². The molecule has 2 heterocycles. The van der Waals surface area contributed by atoms with Crippen molar-refractivity contribution in [3.05, 3.63) is 40.3 Å². The smallest absolute Gasteiger partial charge is 0.255 e. The van der Waals surface area contributed by atoms with Gasteiger partial charge in [-0.05, 0) is 28.9 Å². The van der Waals surface area contributed by atoms with Crippen molar-refractivity contribution in [2.45, 2.75) is 13.0 Å². The molecule has 0 saturated carbocycles. The Kier molecular flexibility index (Phi) is 4.13. The van der Waals surface area contributed by atoms with Gasteiger partial charge < -0.3 is 10.7 Å². The Morgan fingerprint density at radius 1 is 1.53 bits per heavy atom. The van der Waals surface area contributed by atoms with Crippen LogP contribution in [0.4, 0.5) is 5.82 Å². The van der Waals surface area contributed by atoms with Crippen molar-refractivity contribution in [3.8, 4) is 0 Å². The average Bonchev–Trinajstić information content (AvgIpc) is 2.92. The van der Waals surface area contributed by atoms with Gasteiger partial charge in [0.05, 0.1) is 17.8 Å². The average molecular weight is 325 g/mol. The molecule has 0 saturated heterocycles. The third kappa shape index (κ3) is 3.09. The van der Waals surface area contributed by atoms with E-state index in [4.69, 9.17) is 5.84 Å². The molecule has 7 nitrogen and oxygen atoms in total. The molecule has 2 aromatic heterocycles. The number of hydrogen-bond donors (Lipinski definition) is 4. The summed E-state index contributed by atoms with van der Waals surface area (Å²) in [6.07, 6.45) is 4.95. The second-order valence-electron chi connectivity index (χ2n) is 3.92. The number of nitrogens with one attached hydrogen (secondary N) is 3. The standard InChI is InChI=1S/C11H13BrN6O/c1-6(7-3-15-16-4-7)17-11(19)9-2-8(12)5-14-10(9)18-13/h2-6H,13H2,1H3,(H,14,18)(H,15,16)(H,17,19). The van der Waals surface area contributed by atoms with Crippen LogP contribution in [0.1, 0.15) is 28.9 Å². The van der Waals surface area contributed by atoms with Crippen LogP contribution in [0.15, 0.2) is 29.1 Å². The van der Waals surface area contributed by atoms with E-state index in [1.54, 1.807) is 24.7 Å². The minimum absolute atomic E-state index is 0.171. The van der Waals surface area contributed by atoms with Crippen molar-refractivity contribution < 1.29 is 4.79 Å². The normalized spacial score (nSPS) is 11.9. The number of aromatic nitrogens is 3. The Labute approximate surface area is 118 Å². The maximum atomic E-state index is 12.2. The van der Waals surface area contributed by atoms with Gasteiger partial charge >= 0.3 is 0 Å². The van der Waals surface area contributed by atoms with Crippen molar-refractivity contribution >= 4 is 27.7 Å². The molecule has 100 valence electrons. The molecule has 0 radical (unpaired) electrons. The number of aromatic amines is 1. The SMILES string of the molecule is CC(NC(=O)c1cc(Br)cnc1NN)c1cn[nH]c1. The van der Waals surface area contributed by atoms with Gasteiger partial charge in [0.25, 0.3) is 5.91 Å². The summed E-state index contributed by atoms with van der Waals surface area (Å²) >= 11 is 3.27. The summed E-state index contributed by atoms with van der Waals surface area (Å²) in [5.41, 5.74) is 3.66. The Morgan fingerprint density at radius 2 is 2.32 bits per heavy atom. The van der Waals surface area contributed by atoms with Crippen molar-refractivity contribution in [3.63, 3.8) is 0 Å². The fraction of sp³-hybridized carbons (Fsp3) is 0.182. The van der Waals surface area contributed by atoms with E-state index >= 15 is 0 Å². The quantitative estimate of drug-likeness (QED) is 0.501. The van der Waals surface area contributed by atoms with Crippen LogP contribution in [-0.2, 0) is 0 Å². The van der Waals surface area contributed by atoms with E-state index in [1.165, 1.54) is 0 Å². The molecule has 19 heavy (non-hydrogen) atoms. The number of anilines is 1. The molecule has 0 fully saturated rings. The predicted molar refractivity (Wildman–Crippen MR) is 74.2 cm³/mol. The molecule has 2 rings (SSSR count). The van der Waals surface area contributed by atoms with Gasteiger partial charge in [-0.2, -0.15) is 5.10 Å². The lowest BCUT2D eigenvalue weighted by Crippen LogP contribution is -2.28. The number of pyridine rings is 1. The van der Waals surface area contributed by atoms with Crippen molar-refractivity contribution in [2.24, 2.45) is 5.84 Å². The number of carbonyl (C=O) groups excluding carboxylic acids is 1. The molecule has 0 aliphatic rings. The highest BCUT2D eigenvalue weighted by Crippen LogP contribution is 2.18. The zero-order valence-electron chi connectivity index (χ0n) is 10.1. The summed E-state index contributed by atoms with van der Waals surface area (Å²) in [4.78, 5) is 16.2. The maximum absolute atomic E-state index is 12.2. The molecule has 0 bridgehead atoms. The largest absolute Gasteiger partial charge is 0.345 e. The highest BCUT2D eigenvalue weighted by molar-refractivity contribution is 9.10. The van der Waals surface area contributed by atoms with Gasteiger partial charge in [0.1, 0.15) is 0 Å². The summed E-state index contributed by atoms with van der Waals surface area (Å²) in [6.45, 7) is 1.86. The van der Waals surface area contributed by atoms with Crippen LogP contribution in [0, 0.1) is 0 Å². The number of halogens is 1. The lowest BCUT2D eigenvalue weighted by Gasteiger charge is -2.14. The monoisotopic (exact) mass is 324 g/mol. The van der Waals surface area contributed by atoms with Gasteiger partial charge in [-0.25, -0.2) is 10.8 Å². The van der Waals surface area contributed by atoms with E-state index < -0.39 is 0 Å². The number of H-pyrrole nitrogens is 1. The fourth-order valence-electron chi connectivity index (χ4n) is 1.58. The van der Waals surface area contributed by atoms with E-state index in [1.807, 2.05) is 6.92 Å². The second kappa shape index (κ2) is 5.81. The number of nitrogens with two attached hydrogens (primary N) is 1. The maximum Gasteiger partial charge on any atom is 0.255 e. The molecule has 0 aliphatic carbocycles. The topological polar surface area (TPSA) is 109 Å². The first-order valence-electron chi connectivity index (χ1n) is 5.53. The molecule has 0 aliphatic heterocycles. The molecular weight excluding hydrogens is 312 g/mol. The summed E-state index contributed by atoms with van der Waals surface area (Å²) < 4.78 is 0.701. The Hall–Kier alpha value is -1.93. The molecule has 0 aromatic carbocycles. The molecule has 5 N–H and O–H groups in total. The highest BCUT2D eigenvalue weighted by atomic mass is 79.9. The van der Waals surface area contributed by atoms with Gasteiger partial charge in [-0.1, -0.05) is 0 Å². The van der Waals surface area contributed by atoms with E-state index in [2.05, 4.69) is 41.9 Å². The summed E-state index contributed by atoms with van der Waals surface area (Å²) in [5.74, 6) is 5.39. The lowest BCUT2D eigenvalue weighted by atomic mass is 10.1. The summed E-state index contributed by atoms with van der Waals surface area (Å²) in [6, 6.07) is 1.48. The summed E-state index contributed by atoms with van der Waals surface area (Å²) in [7, 11) is 0. The zero-order chi connectivity index (χ0) is 13.8. The molecule has 0 spiro atoms. The Balaban J connectivity index is 2.18. The number of amides is 1. The number of nitrogen functional groups attached to an aromatic ring is 1. The second-order valence-corrected chi connectivity index (χ2v) is 4.84. The number of hydrogen-bond acceptors (Lipinski definition) is 5. The van der Waals surface area contributed by atoms with Crippen molar-refractivity contribution in [1.29, 1.82) is 0 Å². The number of carbonyl (C=O) groups is 1. The van der Waals surface area contributed by atoms with E-state index in [0.717, 1.165) is 5.56 Å². The first kappa shape index (κ1) is 13.5. The molecular formula is C11H13BrN6O. The molecule has 8 heteroatoms. The molecule has 1 atom stereocenters. The van der Waals surface area contributed by atoms with Crippen LogP contribution in [0.2, 0.25) is 0 Å².